The Kier molecular flexibility index (Phi) is 6.80. The number of nitrogens with zero attached hydrogens (tertiary/aromatic N) is 2. The normalized spacial score (nSPS) is 17.1. The van der Waals surface area contributed by atoms with Gasteiger partial charge >= 0.3 is 0 Å². The summed E-state index contributed by atoms with van der Waals surface area (Å²) in [6, 6.07) is 43.1. The Hall–Kier alpha value is -4.52. The summed E-state index contributed by atoms with van der Waals surface area (Å²) in [4.78, 5) is 1.85. The van der Waals surface area contributed by atoms with E-state index in [0.29, 0.717) is 5.69 Å². The summed E-state index contributed by atoms with van der Waals surface area (Å²) in [5, 5.41) is 0. The molecule has 6 rings (SSSR count). The van der Waals surface area contributed by atoms with E-state index in [1.807, 2.05) is 65.8 Å². The highest BCUT2D eigenvalue weighted by Gasteiger charge is 2.47. The first kappa shape index (κ1) is 25.7. The molecule has 1 aliphatic rings. The number of rotatable bonds is 6. The van der Waals surface area contributed by atoms with E-state index in [4.69, 9.17) is 0 Å². The van der Waals surface area contributed by atoms with Crippen LogP contribution in [0.3, 0.4) is 0 Å². The van der Waals surface area contributed by atoms with Crippen molar-refractivity contribution in [1.29, 1.82) is 0 Å². The number of aryl methyl sites for hydroxylation is 1. The van der Waals surface area contributed by atoms with Gasteiger partial charge in [0, 0.05) is 16.7 Å². The SMILES string of the molecule is Cc1cccc(-c2ccccc2)c1[N+]1=CN(c2ccccc2S(=O)(=O)O)[C@@H](c2ccccc2)[C@@H]1c1ccccc1. The van der Waals surface area contributed by atoms with E-state index >= 15 is 0 Å². The lowest BCUT2D eigenvalue weighted by molar-refractivity contribution is -0.481. The maximum absolute atomic E-state index is 12.6. The second-order valence-corrected chi connectivity index (χ2v) is 11.3. The summed E-state index contributed by atoms with van der Waals surface area (Å²) in [6.45, 7) is 2.10. The minimum atomic E-state index is -4.48. The van der Waals surface area contributed by atoms with Crippen molar-refractivity contribution < 1.29 is 17.5 Å². The Bertz CT molecular complexity index is 1790. The number of hydrogen-bond acceptors (Lipinski definition) is 3. The second kappa shape index (κ2) is 10.6. The maximum Gasteiger partial charge on any atom is 0.298 e. The lowest BCUT2D eigenvalue weighted by Gasteiger charge is -2.25. The van der Waals surface area contributed by atoms with Crippen LogP contribution >= 0.6 is 0 Å². The molecular weight excluding hydrogens is 516 g/mol. The Labute approximate surface area is 235 Å². The topological polar surface area (TPSA) is 60.6 Å². The Morgan fingerprint density at radius 3 is 1.90 bits per heavy atom. The largest absolute Gasteiger partial charge is 0.298 e. The molecule has 0 amide bonds. The molecule has 5 nitrogen and oxygen atoms in total. The van der Waals surface area contributed by atoms with Gasteiger partial charge in [-0.15, -0.1) is 0 Å². The summed E-state index contributed by atoms with van der Waals surface area (Å²) in [5.41, 5.74) is 6.82. The molecule has 0 saturated carbocycles. The van der Waals surface area contributed by atoms with Crippen molar-refractivity contribution in [2.75, 3.05) is 4.90 Å². The van der Waals surface area contributed by atoms with E-state index in [1.54, 1.807) is 18.2 Å². The third-order valence-electron chi connectivity index (χ3n) is 7.43. The summed E-state index contributed by atoms with van der Waals surface area (Å²) in [7, 11) is -4.48. The molecule has 198 valence electrons. The Morgan fingerprint density at radius 1 is 0.675 bits per heavy atom. The molecule has 0 aromatic heterocycles. The zero-order valence-corrected chi connectivity index (χ0v) is 22.8. The molecule has 0 radical (unpaired) electrons. The van der Waals surface area contributed by atoms with Crippen LogP contribution in [-0.2, 0) is 10.1 Å². The van der Waals surface area contributed by atoms with Crippen LogP contribution in [0.4, 0.5) is 11.4 Å². The number of benzene rings is 5. The zero-order chi connectivity index (χ0) is 27.7. The van der Waals surface area contributed by atoms with Crippen molar-refractivity contribution in [3.63, 3.8) is 0 Å². The molecule has 1 N–H and O–H groups in total. The molecule has 2 atom stereocenters. The standard InChI is InChI=1S/C34H28N2O3S/c1-25-14-13-21-29(26-15-5-2-6-16-26)32(25)36-24-35(30-22-11-12-23-31(30)40(37,38)39)33(27-17-7-3-8-18-27)34(36)28-19-9-4-10-20-28/h2-24,33-34H,1H3/p+1/t33-,34-/m0/s1. The number of hydrogen-bond donors (Lipinski definition) is 1. The number of para-hydroxylation sites is 2. The molecular formula is C34H29N2O3S+. The quantitative estimate of drug-likeness (QED) is 0.176. The molecule has 6 heteroatoms. The average Bonchev–Trinajstić information content (AvgIpc) is 3.38. The summed E-state index contributed by atoms with van der Waals surface area (Å²) >= 11 is 0. The van der Waals surface area contributed by atoms with E-state index < -0.39 is 10.1 Å². The predicted molar refractivity (Wildman–Crippen MR) is 160 cm³/mol. The van der Waals surface area contributed by atoms with E-state index in [9.17, 15) is 13.0 Å². The maximum atomic E-state index is 12.6. The van der Waals surface area contributed by atoms with Gasteiger partial charge in [-0.3, -0.25) is 4.55 Å². The highest BCUT2D eigenvalue weighted by atomic mass is 32.2. The molecule has 0 saturated heterocycles. The highest BCUT2D eigenvalue weighted by Crippen LogP contribution is 2.48. The van der Waals surface area contributed by atoms with Crippen LogP contribution < -0.4 is 4.90 Å². The molecule has 40 heavy (non-hydrogen) atoms. The van der Waals surface area contributed by atoms with Gasteiger partial charge in [0.25, 0.3) is 10.1 Å². The van der Waals surface area contributed by atoms with E-state index in [-0.39, 0.29) is 17.0 Å². The van der Waals surface area contributed by atoms with Gasteiger partial charge in [0.1, 0.15) is 16.3 Å². The summed E-state index contributed by atoms with van der Waals surface area (Å²) < 4.78 is 37.6. The first-order chi connectivity index (χ1) is 19.4. The van der Waals surface area contributed by atoms with Crippen LogP contribution in [0.15, 0.2) is 138 Å². The first-order valence-electron chi connectivity index (χ1n) is 13.2. The third-order valence-corrected chi connectivity index (χ3v) is 8.33. The molecule has 0 bridgehead atoms. The average molecular weight is 546 g/mol. The molecule has 1 heterocycles. The third kappa shape index (κ3) is 4.72. The van der Waals surface area contributed by atoms with Gasteiger partial charge in [0.05, 0.1) is 0 Å². The molecule has 0 aliphatic carbocycles. The van der Waals surface area contributed by atoms with Gasteiger partial charge in [-0.2, -0.15) is 8.42 Å². The van der Waals surface area contributed by atoms with Crippen molar-refractivity contribution in [3.8, 4) is 11.1 Å². The first-order valence-corrected chi connectivity index (χ1v) is 14.6. The van der Waals surface area contributed by atoms with Crippen LogP contribution in [0.2, 0.25) is 0 Å². The van der Waals surface area contributed by atoms with Crippen molar-refractivity contribution in [2.45, 2.75) is 23.9 Å². The Balaban J connectivity index is 1.67. The fourth-order valence-corrected chi connectivity index (χ4v) is 6.41. The van der Waals surface area contributed by atoms with Crippen molar-refractivity contribution in [1.82, 2.24) is 0 Å². The fraction of sp³-hybridized carbons (Fsp3) is 0.0882. The zero-order valence-electron chi connectivity index (χ0n) is 22.0. The fourth-order valence-electron chi connectivity index (χ4n) is 5.72. The molecule has 5 aromatic rings. The van der Waals surface area contributed by atoms with Crippen LogP contribution in [-0.4, -0.2) is 23.9 Å². The smallest absolute Gasteiger partial charge is 0.282 e. The second-order valence-electron chi connectivity index (χ2n) is 9.92. The van der Waals surface area contributed by atoms with Gasteiger partial charge in [-0.25, -0.2) is 9.48 Å². The Morgan fingerprint density at radius 2 is 1.25 bits per heavy atom. The van der Waals surface area contributed by atoms with Crippen LogP contribution in [0, 0.1) is 6.92 Å². The summed E-state index contributed by atoms with van der Waals surface area (Å²) in [6.07, 6.45) is 1.99. The predicted octanol–water partition coefficient (Wildman–Crippen LogP) is 7.58. The van der Waals surface area contributed by atoms with Crippen molar-refractivity contribution in [3.05, 3.63) is 150 Å². The van der Waals surface area contributed by atoms with Gasteiger partial charge in [0.2, 0.25) is 6.34 Å². The van der Waals surface area contributed by atoms with Crippen LogP contribution in [0.1, 0.15) is 28.8 Å². The lowest BCUT2D eigenvalue weighted by Crippen LogP contribution is -2.27. The van der Waals surface area contributed by atoms with E-state index in [0.717, 1.165) is 33.5 Å². The van der Waals surface area contributed by atoms with Gasteiger partial charge in [0.15, 0.2) is 12.1 Å². The number of anilines is 1. The molecule has 0 unspecified atom stereocenters. The van der Waals surface area contributed by atoms with Gasteiger partial charge in [-0.1, -0.05) is 121 Å². The van der Waals surface area contributed by atoms with Gasteiger partial charge < -0.3 is 0 Å². The highest BCUT2D eigenvalue weighted by molar-refractivity contribution is 7.86. The minimum Gasteiger partial charge on any atom is -0.282 e. The van der Waals surface area contributed by atoms with Crippen molar-refractivity contribution >= 4 is 27.8 Å². The van der Waals surface area contributed by atoms with E-state index in [1.165, 1.54) is 6.07 Å². The minimum absolute atomic E-state index is 0.131. The van der Waals surface area contributed by atoms with E-state index in [2.05, 4.69) is 66.1 Å². The molecule has 0 spiro atoms. The molecule has 0 fully saturated rings. The monoisotopic (exact) mass is 545 g/mol. The van der Waals surface area contributed by atoms with Gasteiger partial charge in [-0.05, 0) is 30.2 Å². The lowest BCUT2D eigenvalue weighted by atomic mass is 9.91. The molecule has 1 aliphatic heterocycles. The summed E-state index contributed by atoms with van der Waals surface area (Å²) in [5.74, 6) is 0. The molecule has 5 aromatic carbocycles. The van der Waals surface area contributed by atoms with Crippen molar-refractivity contribution in [2.24, 2.45) is 0 Å². The van der Waals surface area contributed by atoms with Crippen LogP contribution in [0.25, 0.3) is 11.1 Å². The van der Waals surface area contributed by atoms with Crippen LogP contribution in [0.5, 0.6) is 0 Å².